The third kappa shape index (κ3) is 1.00. The van der Waals surface area contributed by atoms with Crippen LogP contribution in [-0.2, 0) is 6.42 Å². The van der Waals surface area contributed by atoms with E-state index in [1.807, 2.05) is 18.3 Å². The van der Waals surface area contributed by atoms with Crippen molar-refractivity contribution >= 4 is 11.0 Å². The summed E-state index contributed by atoms with van der Waals surface area (Å²) in [4.78, 5) is 7.50. The first-order valence-electron chi connectivity index (χ1n) is 3.83. The summed E-state index contributed by atoms with van der Waals surface area (Å²) >= 11 is 0. The third-order valence-corrected chi connectivity index (χ3v) is 1.83. The first kappa shape index (κ1) is 6.40. The normalized spacial score (nSPS) is 10.6. The molecule has 0 fully saturated rings. The maximum Gasteiger partial charge on any atom is 0.0881 e. The van der Waals surface area contributed by atoms with Gasteiger partial charge in [0.15, 0.2) is 0 Å². The van der Waals surface area contributed by atoms with Gasteiger partial charge in [0, 0.05) is 11.9 Å². The van der Waals surface area contributed by atoms with Gasteiger partial charge in [-0.2, -0.15) is 0 Å². The van der Waals surface area contributed by atoms with Crippen LogP contribution in [0.3, 0.4) is 0 Å². The van der Waals surface area contributed by atoms with E-state index in [1.54, 1.807) is 0 Å². The smallest absolute Gasteiger partial charge is 0.0881 e. The van der Waals surface area contributed by atoms with E-state index in [9.17, 15) is 0 Å². The molecule has 0 bridgehead atoms. The van der Waals surface area contributed by atoms with Crippen molar-refractivity contribution in [1.29, 1.82) is 0 Å². The number of hydrogen-bond donors (Lipinski definition) is 1. The number of H-pyrrole nitrogens is 1. The molecule has 0 amide bonds. The Balaban J connectivity index is 2.69. The van der Waals surface area contributed by atoms with Crippen LogP contribution in [0.2, 0.25) is 0 Å². The molecule has 2 aromatic heterocycles. The molecule has 2 rings (SSSR count). The van der Waals surface area contributed by atoms with Gasteiger partial charge >= 0.3 is 0 Å². The van der Waals surface area contributed by atoms with Crippen LogP contribution < -0.4 is 0 Å². The molecule has 0 saturated heterocycles. The third-order valence-electron chi connectivity index (χ3n) is 1.83. The quantitative estimate of drug-likeness (QED) is 0.656. The molecule has 0 radical (unpaired) electrons. The van der Waals surface area contributed by atoms with E-state index < -0.39 is 0 Å². The van der Waals surface area contributed by atoms with Crippen molar-refractivity contribution in [3.63, 3.8) is 0 Å². The lowest BCUT2D eigenvalue weighted by Gasteiger charge is -1.84. The minimum Gasteiger partial charge on any atom is -0.357 e. The predicted molar refractivity (Wildman–Crippen MR) is 45.5 cm³/mol. The predicted octanol–water partition coefficient (Wildman–Crippen LogP) is 2.13. The molecule has 0 aliphatic carbocycles. The molecule has 0 unspecified atom stereocenters. The summed E-state index contributed by atoms with van der Waals surface area (Å²) in [6.07, 6.45) is 2.85. The van der Waals surface area contributed by atoms with E-state index in [4.69, 9.17) is 0 Å². The fourth-order valence-electron chi connectivity index (χ4n) is 1.20. The second kappa shape index (κ2) is 2.38. The second-order valence-corrected chi connectivity index (χ2v) is 2.58. The average Bonchev–Trinajstić information content (AvgIpc) is 2.46. The van der Waals surface area contributed by atoms with Crippen LogP contribution >= 0.6 is 0 Å². The number of fused-ring (bicyclic) bond motifs is 1. The van der Waals surface area contributed by atoms with Crippen LogP contribution in [0.25, 0.3) is 11.0 Å². The summed E-state index contributed by atoms with van der Waals surface area (Å²) in [5.74, 6) is 0. The van der Waals surface area contributed by atoms with E-state index in [2.05, 4.69) is 23.0 Å². The molecular formula is C9H10N2. The van der Waals surface area contributed by atoms with E-state index in [0.717, 1.165) is 17.5 Å². The highest BCUT2D eigenvalue weighted by atomic mass is 14.8. The molecule has 0 aliphatic rings. The van der Waals surface area contributed by atoms with Crippen molar-refractivity contribution in [3.8, 4) is 0 Å². The fraction of sp³-hybridized carbons (Fsp3) is 0.222. The molecule has 1 N–H and O–H groups in total. The Bertz CT molecular complexity index is 329. The molecule has 0 spiro atoms. The van der Waals surface area contributed by atoms with Crippen LogP contribution in [0, 0.1) is 0 Å². The number of pyridine rings is 1. The van der Waals surface area contributed by atoms with Crippen molar-refractivity contribution in [2.24, 2.45) is 0 Å². The van der Waals surface area contributed by atoms with Gasteiger partial charge in [-0.15, -0.1) is 0 Å². The van der Waals surface area contributed by atoms with Gasteiger partial charge in [0.05, 0.1) is 11.0 Å². The molecule has 0 aliphatic heterocycles. The Morgan fingerprint density at radius 2 is 2.45 bits per heavy atom. The Kier molecular flexibility index (Phi) is 1.39. The maximum absolute atomic E-state index is 4.22. The highest BCUT2D eigenvalue weighted by Gasteiger charge is 1.96. The standard InChI is InChI=1S/C9H10N2/c1-2-7-6-9-8(11-7)4-3-5-10-9/h3-6,11H,2H2,1H3. The van der Waals surface area contributed by atoms with Crippen LogP contribution in [0.4, 0.5) is 0 Å². The number of aryl methyl sites for hydroxylation is 1. The summed E-state index contributed by atoms with van der Waals surface area (Å²) in [6.45, 7) is 2.13. The average molecular weight is 146 g/mol. The number of rotatable bonds is 1. The largest absolute Gasteiger partial charge is 0.357 e. The summed E-state index contributed by atoms with van der Waals surface area (Å²) in [5.41, 5.74) is 3.44. The minimum absolute atomic E-state index is 1.04. The van der Waals surface area contributed by atoms with Gasteiger partial charge in [0.1, 0.15) is 0 Å². The molecule has 2 heteroatoms. The van der Waals surface area contributed by atoms with Gasteiger partial charge < -0.3 is 4.98 Å². The number of hydrogen-bond acceptors (Lipinski definition) is 1. The molecule has 2 nitrogen and oxygen atoms in total. The number of aromatic amines is 1. The van der Waals surface area contributed by atoms with Crippen molar-refractivity contribution in [3.05, 3.63) is 30.1 Å². The van der Waals surface area contributed by atoms with Gasteiger partial charge in [-0.05, 0) is 24.6 Å². The number of nitrogens with one attached hydrogen (secondary N) is 1. The van der Waals surface area contributed by atoms with Gasteiger partial charge in [0.2, 0.25) is 0 Å². The topological polar surface area (TPSA) is 28.7 Å². The lowest BCUT2D eigenvalue weighted by atomic mass is 10.3. The zero-order valence-corrected chi connectivity index (χ0v) is 6.46. The number of aromatic nitrogens is 2. The summed E-state index contributed by atoms with van der Waals surface area (Å²) in [6, 6.07) is 6.08. The molecule has 0 aromatic carbocycles. The van der Waals surface area contributed by atoms with Crippen LogP contribution in [-0.4, -0.2) is 9.97 Å². The van der Waals surface area contributed by atoms with Gasteiger partial charge in [-0.25, -0.2) is 0 Å². The molecular weight excluding hydrogens is 136 g/mol. The SMILES string of the molecule is CCc1cc2ncccc2[nH]1. The Hall–Kier alpha value is -1.31. The molecule has 0 atom stereocenters. The lowest BCUT2D eigenvalue weighted by molar-refractivity contribution is 1.07. The van der Waals surface area contributed by atoms with E-state index in [-0.39, 0.29) is 0 Å². The van der Waals surface area contributed by atoms with Crippen LogP contribution in [0.15, 0.2) is 24.4 Å². The second-order valence-electron chi connectivity index (χ2n) is 2.58. The van der Waals surface area contributed by atoms with Gasteiger partial charge in [-0.3, -0.25) is 4.98 Å². The molecule has 2 heterocycles. The monoisotopic (exact) mass is 146 g/mol. The van der Waals surface area contributed by atoms with Crippen LogP contribution in [0.5, 0.6) is 0 Å². The van der Waals surface area contributed by atoms with E-state index >= 15 is 0 Å². The van der Waals surface area contributed by atoms with Crippen molar-refractivity contribution in [2.45, 2.75) is 13.3 Å². The minimum atomic E-state index is 1.04. The van der Waals surface area contributed by atoms with Gasteiger partial charge in [-0.1, -0.05) is 6.92 Å². The van der Waals surface area contributed by atoms with Crippen molar-refractivity contribution in [1.82, 2.24) is 9.97 Å². The Morgan fingerprint density at radius 1 is 1.55 bits per heavy atom. The molecule has 11 heavy (non-hydrogen) atoms. The number of nitrogens with zero attached hydrogens (tertiary/aromatic N) is 1. The lowest BCUT2D eigenvalue weighted by Crippen LogP contribution is -1.74. The van der Waals surface area contributed by atoms with Crippen molar-refractivity contribution in [2.75, 3.05) is 0 Å². The first-order valence-corrected chi connectivity index (χ1v) is 3.83. The van der Waals surface area contributed by atoms with E-state index in [0.29, 0.717) is 0 Å². The highest BCUT2D eigenvalue weighted by Crippen LogP contribution is 2.11. The summed E-state index contributed by atoms with van der Waals surface area (Å²) < 4.78 is 0. The highest BCUT2D eigenvalue weighted by molar-refractivity contribution is 5.75. The maximum atomic E-state index is 4.22. The zero-order chi connectivity index (χ0) is 7.68. The van der Waals surface area contributed by atoms with Crippen LogP contribution in [0.1, 0.15) is 12.6 Å². The van der Waals surface area contributed by atoms with Gasteiger partial charge in [0.25, 0.3) is 0 Å². The molecule has 2 aromatic rings. The summed E-state index contributed by atoms with van der Waals surface area (Å²) in [5, 5.41) is 0. The molecule has 0 saturated carbocycles. The Morgan fingerprint density at radius 3 is 3.18 bits per heavy atom. The Labute approximate surface area is 65.3 Å². The fourth-order valence-corrected chi connectivity index (χ4v) is 1.20. The molecule has 56 valence electrons. The first-order chi connectivity index (χ1) is 5.40. The zero-order valence-electron chi connectivity index (χ0n) is 6.46. The summed E-state index contributed by atoms with van der Waals surface area (Å²) in [7, 11) is 0. The van der Waals surface area contributed by atoms with E-state index in [1.165, 1.54) is 5.69 Å². The van der Waals surface area contributed by atoms with Crippen molar-refractivity contribution < 1.29 is 0 Å².